The lowest BCUT2D eigenvalue weighted by molar-refractivity contribution is 0.0679. The number of ether oxygens (including phenoxy) is 2. The third-order valence-corrected chi connectivity index (χ3v) is 5.22. The topological polar surface area (TPSA) is 50.8 Å². The van der Waals surface area contributed by atoms with Gasteiger partial charge in [-0.2, -0.15) is 0 Å². The molecule has 0 radical (unpaired) electrons. The highest BCUT2D eigenvalue weighted by Gasteiger charge is 2.20. The van der Waals surface area contributed by atoms with Crippen molar-refractivity contribution in [3.63, 3.8) is 0 Å². The van der Waals surface area contributed by atoms with Crippen molar-refractivity contribution in [1.29, 1.82) is 0 Å². The number of nitrogens with one attached hydrogen (secondary N) is 1. The number of urea groups is 1. The van der Waals surface area contributed by atoms with Gasteiger partial charge in [0.1, 0.15) is 18.2 Å². The van der Waals surface area contributed by atoms with Crippen molar-refractivity contribution in [2.24, 2.45) is 0 Å². The SMILES string of the molecule is CCN(C(=O)NCc1cccc(OCC2CCCO2)c1)C(C)c1ccc(F)cc1. The van der Waals surface area contributed by atoms with Crippen molar-refractivity contribution in [1.82, 2.24) is 10.2 Å². The van der Waals surface area contributed by atoms with Crippen LogP contribution in [-0.4, -0.2) is 36.8 Å². The van der Waals surface area contributed by atoms with Gasteiger partial charge in [-0.15, -0.1) is 0 Å². The summed E-state index contributed by atoms with van der Waals surface area (Å²) in [6.07, 6.45) is 2.29. The largest absolute Gasteiger partial charge is 0.491 e. The van der Waals surface area contributed by atoms with Crippen LogP contribution >= 0.6 is 0 Å². The minimum absolute atomic E-state index is 0.151. The lowest BCUT2D eigenvalue weighted by Crippen LogP contribution is -2.41. The lowest BCUT2D eigenvalue weighted by atomic mass is 10.1. The van der Waals surface area contributed by atoms with E-state index in [0.29, 0.717) is 19.7 Å². The molecule has 156 valence electrons. The van der Waals surface area contributed by atoms with E-state index in [1.807, 2.05) is 38.1 Å². The summed E-state index contributed by atoms with van der Waals surface area (Å²) in [7, 11) is 0. The van der Waals surface area contributed by atoms with Crippen LogP contribution in [0.15, 0.2) is 48.5 Å². The number of halogens is 1. The Labute approximate surface area is 171 Å². The second kappa shape index (κ2) is 10.3. The minimum atomic E-state index is -0.282. The second-order valence-corrected chi connectivity index (χ2v) is 7.27. The van der Waals surface area contributed by atoms with Gasteiger partial charge in [-0.25, -0.2) is 9.18 Å². The molecular formula is C23H29FN2O3. The van der Waals surface area contributed by atoms with Crippen molar-refractivity contribution < 1.29 is 18.7 Å². The van der Waals surface area contributed by atoms with Gasteiger partial charge in [0.05, 0.1) is 12.1 Å². The monoisotopic (exact) mass is 400 g/mol. The highest BCUT2D eigenvalue weighted by Crippen LogP contribution is 2.21. The summed E-state index contributed by atoms with van der Waals surface area (Å²) in [6, 6.07) is 13.7. The molecule has 1 saturated heterocycles. The summed E-state index contributed by atoms with van der Waals surface area (Å²) in [6.45, 7) is 6.19. The van der Waals surface area contributed by atoms with E-state index in [4.69, 9.17) is 9.47 Å². The van der Waals surface area contributed by atoms with Crippen LogP contribution in [0.2, 0.25) is 0 Å². The molecular weight excluding hydrogens is 371 g/mol. The number of hydrogen-bond donors (Lipinski definition) is 1. The molecule has 1 aliphatic heterocycles. The normalized spacial score (nSPS) is 17.0. The van der Waals surface area contributed by atoms with E-state index in [2.05, 4.69) is 5.32 Å². The Kier molecular flexibility index (Phi) is 7.47. The molecule has 6 heteroatoms. The Morgan fingerprint density at radius 3 is 2.79 bits per heavy atom. The van der Waals surface area contributed by atoms with Gasteiger partial charge in [-0.1, -0.05) is 24.3 Å². The van der Waals surface area contributed by atoms with Crippen molar-refractivity contribution in [3.8, 4) is 5.75 Å². The van der Waals surface area contributed by atoms with Gasteiger partial charge in [0.2, 0.25) is 0 Å². The first-order chi connectivity index (χ1) is 14.1. The van der Waals surface area contributed by atoms with Gasteiger partial charge in [-0.05, 0) is 62.1 Å². The second-order valence-electron chi connectivity index (χ2n) is 7.27. The number of carbonyl (C=O) groups excluding carboxylic acids is 1. The van der Waals surface area contributed by atoms with Crippen molar-refractivity contribution in [2.45, 2.75) is 45.4 Å². The summed E-state index contributed by atoms with van der Waals surface area (Å²) in [4.78, 5) is 14.4. The van der Waals surface area contributed by atoms with Crippen LogP contribution in [0.25, 0.3) is 0 Å². The van der Waals surface area contributed by atoms with Crippen molar-refractivity contribution in [3.05, 3.63) is 65.5 Å². The van der Waals surface area contributed by atoms with Gasteiger partial charge in [0.25, 0.3) is 0 Å². The van der Waals surface area contributed by atoms with Gasteiger partial charge in [0.15, 0.2) is 0 Å². The van der Waals surface area contributed by atoms with Gasteiger partial charge < -0.3 is 19.7 Å². The zero-order chi connectivity index (χ0) is 20.6. The Balaban J connectivity index is 1.54. The zero-order valence-electron chi connectivity index (χ0n) is 17.1. The molecule has 5 nitrogen and oxygen atoms in total. The average molecular weight is 400 g/mol. The standard InChI is InChI=1S/C23H29FN2O3/c1-3-26(17(2)19-9-11-20(24)12-10-19)23(27)25-15-18-6-4-7-21(14-18)29-16-22-8-5-13-28-22/h4,6-7,9-12,14,17,22H,3,5,8,13,15-16H2,1-2H3,(H,25,27). The van der Waals surface area contributed by atoms with Crippen LogP contribution in [0.1, 0.15) is 43.9 Å². The Morgan fingerprint density at radius 2 is 2.10 bits per heavy atom. The predicted molar refractivity (Wildman–Crippen MR) is 110 cm³/mol. The molecule has 2 amide bonds. The molecule has 0 aromatic heterocycles. The summed E-state index contributed by atoms with van der Waals surface area (Å²) < 4.78 is 24.6. The van der Waals surface area contributed by atoms with Gasteiger partial charge in [0, 0.05) is 19.7 Å². The van der Waals surface area contributed by atoms with Gasteiger partial charge in [-0.3, -0.25) is 0 Å². The fraction of sp³-hybridized carbons (Fsp3) is 0.435. The number of carbonyl (C=O) groups is 1. The van der Waals surface area contributed by atoms with Crippen LogP contribution in [0.5, 0.6) is 5.75 Å². The van der Waals surface area contributed by atoms with E-state index in [-0.39, 0.29) is 24.0 Å². The number of rotatable bonds is 8. The smallest absolute Gasteiger partial charge is 0.318 e. The van der Waals surface area contributed by atoms with Crippen LogP contribution in [-0.2, 0) is 11.3 Å². The van der Waals surface area contributed by atoms with Crippen LogP contribution in [0.3, 0.4) is 0 Å². The lowest BCUT2D eigenvalue weighted by Gasteiger charge is -2.28. The molecule has 1 N–H and O–H groups in total. The maximum absolute atomic E-state index is 13.2. The van der Waals surface area contributed by atoms with Gasteiger partial charge >= 0.3 is 6.03 Å². The molecule has 1 heterocycles. The highest BCUT2D eigenvalue weighted by molar-refractivity contribution is 5.74. The molecule has 0 bridgehead atoms. The molecule has 1 fully saturated rings. The average Bonchev–Trinajstić information content (AvgIpc) is 3.26. The van der Waals surface area contributed by atoms with Crippen molar-refractivity contribution in [2.75, 3.05) is 19.8 Å². The highest BCUT2D eigenvalue weighted by atomic mass is 19.1. The molecule has 0 saturated carbocycles. The molecule has 3 rings (SSSR count). The quantitative estimate of drug-likeness (QED) is 0.700. The van der Waals surface area contributed by atoms with E-state index < -0.39 is 0 Å². The molecule has 2 atom stereocenters. The first kappa shape index (κ1) is 21.1. The van der Waals surface area contributed by atoms with Crippen molar-refractivity contribution >= 4 is 6.03 Å². The number of benzene rings is 2. The van der Waals surface area contributed by atoms with E-state index in [1.54, 1.807) is 17.0 Å². The fourth-order valence-electron chi connectivity index (χ4n) is 3.50. The molecule has 1 aliphatic rings. The zero-order valence-corrected chi connectivity index (χ0v) is 17.1. The van der Waals surface area contributed by atoms with E-state index in [1.165, 1.54) is 12.1 Å². The van der Waals surface area contributed by atoms with E-state index >= 15 is 0 Å². The first-order valence-corrected chi connectivity index (χ1v) is 10.2. The number of amides is 2. The molecule has 0 spiro atoms. The van der Waals surface area contributed by atoms with E-state index in [9.17, 15) is 9.18 Å². The predicted octanol–water partition coefficient (Wildman–Crippen LogP) is 4.68. The Morgan fingerprint density at radius 1 is 1.31 bits per heavy atom. The summed E-state index contributed by atoms with van der Waals surface area (Å²) in [5, 5.41) is 2.97. The first-order valence-electron chi connectivity index (χ1n) is 10.2. The third kappa shape index (κ3) is 5.94. The Hall–Kier alpha value is -2.60. The van der Waals surface area contributed by atoms with E-state index in [0.717, 1.165) is 36.3 Å². The minimum Gasteiger partial charge on any atom is -0.491 e. The fourth-order valence-corrected chi connectivity index (χ4v) is 3.50. The van der Waals surface area contributed by atoms with Crippen LogP contribution in [0.4, 0.5) is 9.18 Å². The molecule has 2 aromatic rings. The molecule has 2 aromatic carbocycles. The number of nitrogens with zero attached hydrogens (tertiary/aromatic N) is 1. The number of hydrogen-bond acceptors (Lipinski definition) is 3. The summed E-state index contributed by atoms with van der Waals surface area (Å²) in [5.74, 6) is 0.495. The van der Waals surface area contributed by atoms with Crippen LogP contribution in [0, 0.1) is 5.82 Å². The maximum atomic E-state index is 13.2. The van der Waals surface area contributed by atoms with Crippen LogP contribution < -0.4 is 10.1 Å². The maximum Gasteiger partial charge on any atom is 0.318 e. The summed E-state index contributed by atoms with van der Waals surface area (Å²) >= 11 is 0. The molecule has 2 unspecified atom stereocenters. The third-order valence-electron chi connectivity index (χ3n) is 5.22. The molecule has 29 heavy (non-hydrogen) atoms. The summed E-state index contributed by atoms with van der Waals surface area (Å²) in [5.41, 5.74) is 1.86. The molecule has 0 aliphatic carbocycles. The Bertz CT molecular complexity index is 791.